The molecular weight excluding hydrogens is 402 g/mol. The first-order valence-electron chi connectivity index (χ1n) is 9.44. The summed E-state index contributed by atoms with van der Waals surface area (Å²) in [5, 5.41) is 0. The number of hydrogen-bond acceptors (Lipinski definition) is 6. The van der Waals surface area contributed by atoms with Crippen molar-refractivity contribution in [2.24, 2.45) is 5.41 Å². The number of ether oxygens (including phenoxy) is 3. The van der Waals surface area contributed by atoms with Crippen molar-refractivity contribution in [2.75, 3.05) is 46.6 Å². The highest BCUT2D eigenvalue weighted by Crippen LogP contribution is 2.35. The summed E-state index contributed by atoms with van der Waals surface area (Å²) in [5.74, 6) is -0.692. The standard InChI is InChI=1S/C19H34BrNO5/c1-18(2,16(22)26-14-13-24-4)15-19(3,20)17(23)25-12-11-21-9-7-5-6-8-10-21/h5-15H2,1-4H3. The van der Waals surface area contributed by atoms with E-state index in [1.165, 1.54) is 25.7 Å². The van der Waals surface area contributed by atoms with Crippen LogP contribution in [0.25, 0.3) is 0 Å². The minimum Gasteiger partial charge on any atom is -0.463 e. The molecule has 0 spiro atoms. The Balaban J connectivity index is 2.43. The molecule has 1 fully saturated rings. The van der Waals surface area contributed by atoms with Crippen LogP contribution in [0, 0.1) is 5.41 Å². The van der Waals surface area contributed by atoms with E-state index in [1.807, 2.05) is 0 Å². The minimum atomic E-state index is -0.935. The molecule has 0 saturated carbocycles. The van der Waals surface area contributed by atoms with Gasteiger partial charge in [0.2, 0.25) is 0 Å². The highest BCUT2D eigenvalue weighted by atomic mass is 79.9. The Morgan fingerprint density at radius 2 is 1.50 bits per heavy atom. The Labute approximate surface area is 166 Å². The number of esters is 2. The molecule has 0 aromatic carbocycles. The van der Waals surface area contributed by atoms with Crippen molar-refractivity contribution in [1.29, 1.82) is 0 Å². The van der Waals surface area contributed by atoms with Crippen LogP contribution in [-0.2, 0) is 23.8 Å². The van der Waals surface area contributed by atoms with Crippen molar-refractivity contribution in [3.63, 3.8) is 0 Å². The number of alkyl halides is 1. The largest absolute Gasteiger partial charge is 0.463 e. The van der Waals surface area contributed by atoms with E-state index in [2.05, 4.69) is 20.8 Å². The van der Waals surface area contributed by atoms with E-state index in [4.69, 9.17) is 14.2 Å². The molecule has 0 N–H and O–H groups in total. The number of hydrogen-bond donors (Lipinski definition) is 0. The predicted octanol–water partition coefficient (Wildman–Crippen LogP) is 3.17. The Hall–Kier alpha value is -0.660. The van der Waals surface area contributed by atoms with Gasteiger partial charge in [0.05, 0.1) is 12.0 Å². The van der Waals surface area contributed by atoms with Crippen molar-refractivity contribution in [1.82, 2.24) is 4.90 Å². The summed E-state index contributed by atoms with van der Waals surface area (Å²) in [4.78, 5) is 27.1. The number of halogens is 1. The maximum atomic E-state index is 12.5. The number of carbonyl (C=O) groups excluding carboxylic acids is 2. The maximum Gasteiger partial charge on any atom is 0.322 e. The van der Waals surface area contributed by atoms with Crippen LogP contribution in [0.15, 0.2) is 0 Å². The van der Waals surface area contributed by atoms with Crippen LogP contribution < -0.4 is 0 Å². The second-order valence-electron chi connectivity index (χ2n) is 7.78. The highest BCUT2D eigenvalue weighted by molar-refractivity contribution is 9.10. The first-order valence-corrected chi connectivity index (χ1v) is 10.2. The average Bonchev–Trinajstić information content (AvgIpc) is 2.82. The van der Waals surface area contributed by atoms with Gasteiger partial charge in [0.1, 0.15) is 17.5 Å². The molecule has 1 rings (SSSR count). The number of rotatable bonds is 10. The first-order chi connectivity index (χ1) is 12.2. The molecule has 0 aromatic heterocycles. The lowest BCUT2D eigenvalue weighted by molar-refractivity contribution is -0.157. The summed E-state index contributed by atoms with van der Waals surface area (Å²) in [6.45, 7) is 9.12. The van der Waals surface area contributed by atoms with E-state index in [1.54, 1.807) is 27.9 Å². The van der Waals surface area contributed by atoms with E-state index < -0.39 is 9.74 Å². The predicted molar refractivity (Wildman–Crippen MR) is 104 cm³/mol. The molecule has 7 heteroatoms. The smallest absolute Gasteiger partial charge is 0.322 e. The fourth-order valence-corrected chi connectivity index (χ4v) is 3.98. The molecule has 1 atom stereocenters. The molecule has 0 aliphatic carbocycles. The molecule has 0 radical (unpaired) electrons. The van der Waals surface area contributed by atoms with E-state index in [9.17, 15) is 9.59 Å². The number of likely N-dealkylation sites (tertiary alicyclic amines) is 1. The fraction of sp³-hybridized carbons (Fsp3) is 0.895. The zero-order chi connectivity index (χ0) is 19.6. The molecule has 6 nitrogen and oxygen atoms in total. The summed E-state index contributed by atoms with van der Waals surface area (Å²) >= 11 is 3.45. The van der Waals surface area contributed by atoms with Gasteiger partial charge in [-0.05, 0) is 53.1 Å². The monoisotopic (exact) mass is 435 g/mol. The van der Waals surface area contributed by atoms with Crippen LogP contribution >= 0.6 is 15.9 Å². The zero-order valence-electron chi connectivity index (χ0n) is 16.6. The molecule has 1 heterocycles. The molecule has 1 unspecified atom stereocenters. The highest BCUT2D eigenvalue weighted by Gasteiger charge is 2.42. The number of carbonyl (C=O) groups is 2. The van der Waals surface area contributed by atoms with Crippen LogP contribution in [-0.4, -0.2) is 67.7 Å². The van der Waals surface area contributed by atoms with Crippen molar-refractivity contribution in [3.05, 3.63) is 0 Å². The van der Waals surface area contributed by atoms with Gasteiger partial charge in [-0.25, -0.2) is 0 Å². The molecule has 0 amide bonds. The van der Waals surface area contributed by atoms with Crippen LogP contribution in [0.3, 0.4) is 0 Å². The first kappa shape index (κ1) is 23.4. The minimum absolute atomic E-state index is 0.206. The van der Waals surface area contributed by atoms with E-state index in [0.717, 1.165) is 19.6 Å². The van der Waals surface area contributed by atoms with Gasteiger partial charge < -0.3 is 14.2 Å². The lowest BCUT2D eigenvalue weighted by Crippen LogP contribution is -2.40. The fourth-order valence-electron chi connectivity index (χ4n) is 3.17. The third kappa shape index (κ3) is 8.35. The third-order valence-electron chi connectivity index (χ3n) is 4.61. The molecule has 1 saturated heterocycles. The van der Waals surface area contributed by atoms with Gasteiger partial charge in [-0.15, -0.1) is 0 Å². The van der Waals surface area contributed by atoms with Crippen molar-refractivity contribution < 1.29 is 23.8 Å². The topological polar surface area (TPSA) is 65.1 Å². The summed E-state index contributed by atoms with van der Waals surface area (Å²) in [6, 6.07) is 0. The molecular formula is C19H34BrNO5. The zero-order valence-corrected chi connectivity index (χ0v) is 18.2. The second-order valence-corrected chi connectivity index (χ2v) is 9.53. The maximum absolute atomic E-state index is 12.5. The molecule has 1 aliphatic rings. The summed E-state index contributed by atoms with van der Waals surface area (Å²) in [5.41, 5.74) is -0.810. The second kappa shape index (κ2) is 11.2. The van der Waals surface area contributed by atoms with E-state index >= 15 is 0 Å². The van der Waals surface area contributed by atoms with Gasteiger partial charge in [-0.1, -0.05) is 28.8 Å². The van der Waals surface area contributed by atoms with Gasteiger partial charge in [0.25, 0.3) is 0 Å². The normalized spacial score (nSPS) is 18.7. The molecule has 0 bridgehead atoms. The Bertz CT molecular complexity index is 445. The van der Waals surface area contributed by atoms with Gasteiger partial charge in [0, 0.05) is 13.7 Å². The number of methoxy groups -OCH3 is 1. The van der Waals surface area contributed by atoms with Gasteiger partial charge in [0.15, 0.2) is 0 Å². The van der Waals surface area contributed by atoms with Crippen molar-refractivity contribution in [3.8, 4) is 0 Å². The Morgan fingerprint density at radius 1 is 0.923 bits per heavy atom. The summed E-state index contributed by atoms with van der Waals surface area (Å²) in [7, 11) is 1.55. The number of nitrogens with zero attached hydrogens (tertiary/aromatic N) is 1. The van der Waals surface area contributed by atoms with Gasteiger partial charge in [-0.2, -0.15) is 0 Å². The van der Waals surface area contributed by atoms with Gasteiger partial charge >= 0.3 is 11.9 Å². The van der Waals surface area contributed by atoms with Crippen LogP contribution in [0.4, 0.5) is 0 Å². The molecule has 26 heavy (non-hydrogen) atoms. The Morgan fingerprint density at radius 3 is 2.08 bits per heavy atom. The third-order valence-corrected chi connectivity index (χ3v) is 5.22. The quantitative estimate of drug-likeness (QED) is 0.298. The molecule has 0 aromatic rings. The molecule has 152 valence electrons. The average molecular weight is 436 g/mol. The lowest BCUT2D eigenvalue weighted by Gasteiger charge is -2.30. The lowest BCUT2D eigenvalue weighted by atomic mass is 9.83. The van der Waals surface area contributed by atoms with E-state index in [-0.39, 0.29) is 25.0 Å². The SMILES string of the molecule is COCCOC(=O)C(C)(C)CC(C)(Br)C(=O)OCCN1CCCCCC1. The summed E-state index contributed by atoms with van der Waals surface area (Å²) in [6.07, 6.45) is 5.28. The van der Waals surface area contributed by atoms with Crippen LogP contribution in [0.1, 0.15) is 52.9 Å². The van der Waals surface area contributed by atoms with Crippen molar-refractivity contribution in [2.45, 2.75) is 57.2 Å². The molecule has 1 aliphatic heterocycles. The summed E-state index contributed by atoms with van der Waals surface area (Å²) < 4.78 is 14.6. The van der Waals surface area contributed by atoms with E-state index in [0.29, 0.717) is 13.2 Å². The van der Waals surface area contributed by atoms with Crippen LogP contribution in [0.5, 0.6) is 0 Å². The van der Waals surface area contributed by atoms with Crippen molar-refractivity contribution >= 4 is 27.9 Å². The van der Waals surface area contributed by atoms with Crippen LogP contribution in [0.2, 0.25) is 0 Å². The Kier molecular flexibility index (Phi) is 10.1. The van der Waals surface area contributed by atoms with Gasteiger partial charge in [-0.3, -0.25) is 14.5 Å².